The summed E-state index contributed by atoms with van der Waals surface area (Å²) in [5.74, 6) is -1.27. The lowest BCUT2D eigenvalue weighted by molar-refractivity contribution is -0.137. The first-order valence-corrected chi connectivity index (χ1v) is 9.53. The van der Waals surface area contributed by atoms with E-state index in [1.54, 1.807) is 30.3 Å². The van der Waals surface area contributed by atoms with Crippen LogP contribution < -0.4 is 10.7 Å². The number of amides is 1. The van der Waals surface area contributed by atoms with E-state index >= 15 is 0 Å². The van der Waals surface area contributed by atoms with Crippen molar-refractivity contribution in [2.45, 2.75) is 13.1 Å². The van der Waals surface area contributed by atoms with Crippen LogP contribution in [0.1, 0.15) is 26.8 Å². The van der Waals surface area contributed by atoms with E-state index < -0.39 is 22.5 Å². The van der Waals surface area contributed by atoms with Crippen LogP contribution in [0, 0.1) is 18.3 Å². The van der Waals surface area contributed by atoms with Crippen LogP contribution in [0.25, 0.3) is 16.9 Å². The number of carbonyl (C=O) groups excluding carboxylic acids is 1. The van der Waals surface area contributed by atoms with Gasteiger partial charge in [0.15, 0.2) is 10.7 Å². The fourth-order valence-electron chi connectivity index (χ4n) is 3.04. The molecule has 4 rings (SSSR count). The van der Waals surface area contributed by atoms with Crippen molar-refractivity contribution < 1.29 is 18.0 Å². The number of nitriles is 1. The van der Waals surface area contributed by atoms with Gasteiger partial charge < -0.3 is 5.32 Å². The number of halogens is 3. The van der Waals surface area contributed by atoms with E-state index in [-0.39, 0.29) is 28.4 Å². The highest BCUT2D eigenvalue weighted by molar-refractivity contribution is 7.10. The molecule has 3 heterocycles. The monoisotopic (exact) mass is 444 g/mol. The van der Waals surface area contributed by atoms with Crippen molar-refractivity contribution in [3.05, 3.63) is 67.9 Å². The molecule has 156 valence electrons. The van der Waals surface area contributed by atoms with Crippen molar-refractivity contribution in [3.63, 3.8) is 0 Å². The van der Waals surface area contributed by atoms with Gasteiger partial charge in [-0.3, -0.25) is 14.7 Å². The molecular weight excluding hydrogens is 433 g/mol. The van der Waals surface area contributed by atoms with Gasteiger partial charge in [-0.2, -0.15) is 18.4 Å². The summed E-state index contributed by atoms with van der Waals surface area (Å²) in [6.07, 6.45) is -4.64. The van der Waals surface area contributed by atoms with Gasteiger partial charge in [0.25, 0.3) is 5.91 Å². The highest BCUT2D eigenvalue weighted by Gasteiger charge is 2.35. The molecular formula is C19H11F3N6O2S. The van der Waals surface area contributed by atoms with Gasteiger partial charge in [-0.15, -0.1) is 11.3 Å². The average Bonchev–Trinajstić information content (AvgIpc) is 3.33. The minimum absolute atomic E-state index is 0.0224. The molecule has 0 saturated heterocycles. The fraction of sp³-hybridized carbons (Fsp3) is 0.105. The summed E-state index contributed by atoms with van der Waals surface area (Å²) in [7, 11) is 0. The average molecular weight is 444 g/mol. The second kappa shape index (κ2) is 7.37. The summed E-state index contributed by atoms with van der Waals surface area (Å²) in [6.45, 7) is 1.46. The van der Waals surface area contributed by atoms with Crippen molar-refractivity contribution in [1.82, 2.24) is 19.6 Å². The Morgan fingerprint density at radius 2 is 1.97 bits per heavy atom. The highest BCUT2D eigenvalue weighted by Crippen LogP contribution is 2.33. The number of alkyl halides is 3. The second-order valence-electron chi connectivity index (χ2n) is 6.38. The van der Waals surface area contributed by atoms with E-state index in [1.807, 2.05) is 6.07 Å². The van der Waals surface area contributed by atoms with Crippen LogP contribution in [0.3, 0.4) is 0 Å². The zero-order valence-electron chi connectivity index (χ0n) is 15.6. The van der Waals surface area contributed by atoms with Gasteiger partial charge >= 0.3 is 6.18 Å². The van der Waals surface area contributed by atoms with E-state index in [9.17, 15) is 28.0 Å². The van der Waals surface area contributed by atoms with Crippen LogP contribution in [-0.2, 0) is 6.18 Å². The lowest BCUT2D eigenvalue weighted by Crippen LogP contribution is -2.26. The zero-order valence-corrected chi connectivity index (χ0v) is 16.4. The van der Waals surface area contributed by atoms with Gasteiger partial charge in [-0.05, 0) is 6.92 Å². The third-order valence-corrected chi connectivity index (χ3v) is 5.22. The topological polar surface area (TPSA) is 116 Å². The molecule has 0 fully saturated rings. The molecule has 1 amide bonds. The van der Waals surface area contributed by atoms with E-state index in [0.29, 0.717) is 22.6 Å². The number of hydrogen-bond acceptors (Lipinski definition) is 6. The quantitative estimate of drug-likeness (QED) is 0.501. The third kappa shape index (κ3) is 3.55. The molecule has 0 radical (unpaired) electrons. The van der Waals surface area contributed by atoms with Crippen molar-refractivity contribution in [3.8, 4) is 17.3 Å². The Labute approximate surface area is 175 Å². The maximum atomic E-state index is 13.0. The molecule has 3 aromatic heterocycles. The lowest BCUT2D eigenvalue weighted by atomic mass is 10.1. The van der Waals surface area contributed by atoms with E-state index in [1.165, 1.54) is 11.4 Å². The van der Waals surface area contributed by atoms with E-state index in [2.05, 4.69) is 20.4 Å². The maximum Gasteiger partial charge on any atom is 0.443 e. The lowest BCUT2D eigenvalue weighted by Gasteiger charge is -2.08. The number of nitrogens with zero attached hydrogens (tertiary/aromatic N) is 4. The Morgan fingerprint density at radius 1 is 1.26 bits per heavy atom. The zero-order chi connectivity index (χ0) is 22.3. The molecule has 0 spiro atoms. The van der Waals surface area contributed by atoms with Gasteiger partial charge in [0.1, 0.15) is 23.1 Å². The Hall–Kier alpha value is -3.98. The normalized spacial score (nSPS) is 11.5. The predicted octanol–water partition coefficient (Wildman–Crippen LogP) is 3.60. The molecule has 0 aliphatic carbocycles. The summed E-state index contributed by atoms with van der Waals surface area (Å²) in [6, 6.07) is 10.7. The van der Waals surface area contributed by atoms with Crippen molar-refractivity contribution >= 4 is 28.7 Å². The molecule has 12 heteroatoms. The van der Waals surface area contributed by atoms with Crippen LogP contribution >= 0.6 is 11.3 Å². The molecule has 0 bridgehead atoms. The number of fused-ring (bicyclic) bond motifs is 1. The molecule has 31 heavy (non-hydrogen) atoms. The summed E-state index contributed by atoms with van der Waals surface area (Å²) in [4.78, 5) is 33.0. The Bertz CT molecular complexity index is 1410. The number of rotatable bonds is 3. The number of aromatic amines is 1. The first kappa shape index (κ1) is 20.3. The summed E-state index contributed by atoms with van der Waals surface area (Å²) in [5.41, 5.74) is -0.228. The van der Waals surface area contributed by atoms with Crippen LogP contribution in [0.5, 0.6) is 0 Å². The molecule has 0 unspecified atom stereocenters. The number of benzene rings is 1. The number of nitrogens with one attached hydrogen (secondary N) is 2. The van der Waals surface area contributed by atoms with Gasteiger partial charge in [0.2, 0.25) is 11.1 Å². The third-order valence-electron chi connectivity index (χ3n) is 4.33. The number of aromatic nitrogens is 4. The largest absolute Gasteiger partial charge is 0.443 e. The van der Waals surface area contributed by atoms with E-state index in [0.717, 1.165) is 5.38 Å². The van der Waals surface area contributed by atoms with Crippen molar-refractivity contribution in [2.75, 3.05) is 5.32 Å². The minimum Gasteiger partial charge on any atom is -0.306 e. The highest BCUT2D eigenvalue weighted by atomic mass is 32.1. The Morgan fingerprint density at radius 3 is 2.58 bits per heavy atom. The Balaban J connectivity index is 1.80. The number of hydrogen-bond donors (Lipinski definition) is 2. The minimum atomic E-state index is -4.64. The SMILES string of the molecule is Cc1[nH]n2c(-c3ccccc3)c(C#N)nc2c(=O)c1C(=O)Nc1csc(C(F)(F)F)n1. The molecule has 0 saturated carbocycles. The van der Waals surface area contributed by atoms with Gasteiger partial charge in [-0.25, -0.2) is 14.5 Å². The number of thiazole rings is 1. The second-order valence-corrected chi connectivity index (χ2v) is 7.23. The number of aryl methyl sites for hydroxylation is 1. The molecule has 1 aromatic carbocycles. The summed E-state index contributed by atoms with van der Waals surface area (Å²) < 4.78 is 39.5. The molecule has 0 aliphatic heterocycles. The molecule has 2 N–H and O–H groups in total. The molecule has 8 nitrogen and oxygen atoms in total. The predicted molar refractivity (Wildman–Crippen MR) is 106 cm³/mol. The van der Waals surface area contributed by atoms with Gasteiger partial charge in [0.05, 0.1) is 0 Å². The summed E-state index contributed by atoms with van der Waals surface area (Å²) >= 11 is 0.321. The van der Waals surface area contributed by atoms with Crippen LogP contribution in [-0.4, -0.2) is 25.5 Å². The molecule has 4 aromatic rings. The Kier molecular flexibility index (Phi) is 4.82. The number of anilines is 1. The van der Waals surface area contributed by atoms with Crippen LogP contribution in [0.15, 0.2) is 40.5 Å². The van der Waals surface area contributed by atoms with Crippen molar-refractivity contribution in [2.24, 2.45) is 0 Å². The maximum absolute atomic E-state index is 13.0. The van der Waals surface area contributed by atoms with E-state index in [4.69, 9.17) is 0 Å². The van der Waals surface area contributed by atoms with Crippen LogP contribution in [0.2, 0.25) is 0 Å². The van der Waals surface area contributed by atoms with Crippen molar-refractivity contribution in [1.29, 1.82) is 5.26 Å². The smallest absolute Gasteiger partial charge is 0.306 e. The standard InChI is InChI=1S/C19H11F3N6O2S/c1-9-13(17(30)25-12-8-31-18(26-12)19(20,21)22)15(29)16-24-11(7-23)14(28(16)27-9)10-5-3-2-4-6-10/h2-6,8,27H,1H3,(H,25,30). The molecule has 0 atom stereocenters. The first-order chi connectivity index (χ1) is 14.7. The summed E-state index contributed by atoms with van der Waals surface area (Å²) in [5, 5.41) is 14.4. The first-order valence-electron chi connectivity index (χ1n) is 8.65. The fourth-order valence-corrected chi connectivity index (χ4v) is 3.66. The number of H-pyrrole nitrogens is 1. The number of imidazole rings is 1. The number of carbonyl (C=O) groups is 1. The molecule has 0 aliphatic rings. The van der Waals surface area contributed by atoms with Gasteiger partial charge in [-0.1, -0.05) is 30.3 Å². The van der Waals surface area contributed by atoms with Crippen LogP contribution in [0.4, 0.5) is 19.0 Å². The van der Waals surface area contributed by atoms with Gasteiger partial charge in [0, 0.05) is 16.6 Å².